The summed E-state index contributed by atoms with van der Waals surface area (Å²) in [5, 5.41) is 5.40. The zero-order chi connectivity index (χ0) is 16.7. The van der Waals surface area contributed by atoms with Gasteiger partial charge in [0.05, 0.1) is 0 Å². The van der Waals surface area contributed by atoms with Crippen LogP contribution >= 0.6 is 11.3 Å². The summed E-state index contributed by atoms with van der Waals surface area (Å²) < 4.78 is 0. The number of hydrogen-bond donors (Lipinski definition) is 2. The molecule has 23 heavy (non-hydrogen) atoms. The average Bonchev–Trinajstić information content (AvgIpc) is 3.08. The topological polar surface area (TPSA) is 71.2 Å². The maximum Gasteiger partial charge on any atom is 0.271 e. The van der Waals surface area contributed by atoms with E-state index in [0.717, 1.165) is 30.2 Å². The molecule has 0 aliphatic rings. The Morgan fingerprint density at radius 3 is 2.43 bits per heavy atom. The molecule has 0 radical (unpaired) electrons. The van der Waals surface area contributed by atoms with Crippen LogP contribution in [0.15, 0.2) is 29.6 Å². The first kappa shape index (κ1) is 17.6. The van der Waals surface area contributed by atoms with Gasteiger partial charge in [-0.2, -0.15) is 0 Å². The van der Waals surface area contributed by atoms with E-state index in [1.807, 2.05) is 0 Å². The van der Waals surface area contributed by atoms with E-state index in [1.165, 1.54) is 16.9 Å². The Balaban J connectivity index is 1.87. The van der Waals surface area contributed by atoms with E-state index in [9.17, 15) is 4.79 Å². The predicted octanol–water partition coefficient (Wildman–Crippen LogP) is 2.37. The molecule has 2 rings (SSSR count). The van der Waals surface area contributed by atoms with Gasteiger partial charge in [0.2, 0.25) is 0 Å². The number of aromatic nitrogens is 1. The molecule has 0 bridgehead atoms. The number of carbonyl (C=O) groups excluding carboxylic acids is 1. The molecule has 1 amide bonds. The van der Waals surface area contributed by atoms with Gasteiger partial charge in [-0.1, -0.05) is 38.1 Å². The molecular weight excluding hydrogens is 308 g/mol. The minimum absolute atomic E-state index is 0.159. The quantitative estimate of drug-likeness (QED) is 0.778. The van der Waals surface area contributed by atoms with Crippen molar-refractivity contribution in [2.45, 2.75) is 33.5 Å². The van der Waals surface area contributed by atoms with Crippen LogP contribution in [0.3, 0.4) is 0 Å². The summed E-state index contributed by atoms with van der Waals surface area (Å²) in [6.07, 6.45) is 0. The Labute approximate surface area is 141 Å². The van der Waals surface area contributed by atoms with Gasteiger partial charge in [0.1, 0.15) is 10.7 Å². The molecule has 1 heterocycles. The number of nitrogens with zero attached hydrogens (tertiary/aromatic N) is 2. The van der Waals surface area contributed by atoms with Crippen molar-refractivity contribution in [3.63, 3.8) is 0 Å². The first-order chi connectivity index (χ1) is 11.2. The van der Waals surface area contributed by atoms with Crippen molar-refractivity contribution >= 4 is 17.2 Å². The summed E-state index contributed by atoms with van der Waals surface area (Å²) in [5.74, 6) is -0.159. The number of hydrogen-bond acceptors (Lipinski definition) is 5. The van der Waals surface area contributed by atoms with Crippen LogP contribution in [0.5, 0.6) is 0 Å². The Kier molecular flexibility index (Phi) is 6.70. The third-order valence-corrected chi connectivity index (χ3v) is 4.61. The maximum atomic E-state index is 12.0. The monoisotopic (exact) mass is 332 g/mol. The summed E-state index contributed by atoms with van der Waals surface area (Å²) >= 11 is 1.41. The third-order valence-electron chi connectivity index (χ3n) is 3.74. The highest BCUT2D eigenvalue weighted by Gasteiger charge is 2.09. The lowest BCUT2D eigenvalue weighted by molar-refractivity contribution is 0.0946. The summed E-state index contributed by atoms with van der Waals surface area (Å²) in [5.41, 5.74) is 8.32. The largest absolute Gasteiger partial charge is 0.347 e. The van der Waals surface area contributed by atoms with Gasteiger partial charge in [-0.3, -0.25) is 9.69 Å². The van der Waals surface area contributed by atoms with E-state index in [-0.39, 0.29) is 5.91 Å². The van der Waals surface area contributed by atoms with Crippen LogP contribution in [-0.2, 0) is 19.6 Å². The van der Waals surface area contributed by atoms with Crippen LogP contribution in [0, 0.1) is 0 Å². The van der Waals surface area contributed by atoms with Gasteiger partial charge in [0.15, 0.2) is 0 Å². The van der Waals surface area contributed by atoms with Crippen molar-refractivity contribution in [1.82, 2.24) is 15.2 Å². The lowest BCUT2D eigenvalue weighted by Crippen LogP contribution is -2.23. The highest BCUT2D eigenvalue weighted by molar-refractivity contribution is 7.09. The Bertz CT molecular complexity index is 620. The fraction of sp³-hybridized carbons (Fsp3) is 0.412. The smallest absolute Gasteiger partial charge is 0.271 e. The van der Waals surface area contributed by atoms with Gasteiger partial charge in [-0.05, 0) is 24.2 Å². The maximum absolute atomic E-state index is 12.0. The highest BCUT2D eigenvalue weighted by Crippen LogP contribution is 2.10. The van der Waals surface area contributed by atoms with Crippen molar-refractivity contribution < 1.29 is 4.79 Å². The SMILES string of the molecule is CCN(CC)Cc1ccc(CNC(=O)c2csc(CN)n2)cc1. The van der Waals surface area contributed by atoms with Crippen molar-refractivity contribution in [3.05, 3.63) is 51.5 Å². The van der Waals surface area contributed by atoms with Gasteiger partial charge in [-0.25, -0.2) is 4.98 Å². The minimum Gasteiger partial charge on any atom is -0.347 e. The molecule has 0 saturated heterocycles. The summed E-state index contributed by atoms with van der Waals surface area (Å²) in [7, 11) is 0. The van der Waals surface area contributed by atoms with E-state index >= 15 is 0 Å². The number of thiazole rings is 1. The van der Waals surface area contributed by atoms with Gasteiger partial charge in [-0.15, -0.1) is 11.3 Å². The zero-order valence-electron chi connectivity index (χ0n) is 13.7. The fourth-order valence-electron chi connectivity index (χ4n) is 2.25. The van der Waals surface area contributed by atoms with E-state index in [0.29, 0.717) is 18.8 Å². The molecule has 0 atom stereocenters. The number of rotatable bonds is 8. The second kappa shape index (κ2) is 8.76. The van der Waals surface area contributed by atoms with Crippen molar-refractivity contribution in [3.8, 4) is 0 Å². The first-order valence-corrected chi connectivity index (χ1v) is 8.77. The van der Waals surface area contributed by atoms with E-state index in [4.69, 9.17) is 5.73 Å². The van der Waals surface area contributed by atoms with E-state index in [1.54, 1.807) is 5.38 Å². The Morgan fingerprint density at radius 1 is 1.22 bits per heavy atom. The molecule has 6 heteroatoms. The number of nitrogens with one attached hydrogen (secondary N) is 1. The number of carbonyl (C=O) groups is 1. The van der Waals surface area contributed by atoms with Crippen molar-refractivity contribution in [2.24, 2.45) is 5.73 Å². The highest BCUT2D eigenvalue weighted by atomic mass is 32.1. The minimum atomic E-state index is -0.159. The van der Waals surface area contributed by atoms with Crippen LogP contribution in [0.25, 0.3) is 0 Å². The van der Waals surface area contributed by atoms with Crippen LogP contribution < -0.4 is 11.1 Å². The van der Waals surface area contributed by atoms with Crippen LogP contribution in [0.1, 0.15) is 40.5 Å². The van der Waals surface area contributed by atoms with E-state index < -0.39 is 0 Å². The second-order valence-corrected chi connectivity index (χ2v) is 6.23. The van der Waals surface area contributed by atoms with Gasteiger partial charge < -0.3 is 11.1 Å². The molecule has 0 aliphatic carbocycles. The Morgan fingerprint density at radius 2 is 1.87 bits per heavy atom. The standard InChI is InChI=1S/C17H24N4OS/c1-3-21(4-2)11-14-7-5-13(6-8-14)10-19-17(22)15-12-23-16(9-18)20-15/h5-8,12H,3-4,9-11,18H2,1-2H3,(H,19,22). The lowest BCUT2D eigenvalue weighted by atomic mass is 10.1. The van der Waals surface area contributed by atoms with Crippen LogP contribution in [-0.4, -0.2) is 28.9 Å². The summed E-state index contributed by atoms with van der Waals surface area (Å²) in [6, 6.07) is 8.36. The van der Waals surface area contributed by atoms with Crippen LogP contribution in [0.2, 0.25) is 0 Å². The molecule has 3 N–H and O–H groups in total. The molecular formula is C17H24N4OS. The lowest BCUT2D eigenvalue weighted by Gasteiger charge is -2.18. The molecule has 0 spiro atoms. The Hall–Kier alpha value is -1.76. The van der Waals surface area contributed by atoms with E-state index in [2.05, 4.69) is 53.3 Å². The molecule has 0 unspecified atom stereocenters. The number of benzene rings is 1. The first-order valence-electron chi connectivity index (χ1n) is 7.89. The normalized spacial score (nSPS) is 11.0. The second-order valence-electron chi connectivity index (χ2n) is 5.29. The molecule has 5 nitrogen and oxygen atoms in total. The summed E-state index contributed by atoms with van der Waals surface area (Å²) in [6.45, 7) is 8.26. The predicted molar refractivity (Wildman–Crippen MR) is 94.2 cm³/mol. The third kappa shape index (κ3) is 5.13. The van der Waals surface area contributed by atoms with Gasteiger partial charge >= 0.3 is 0 Å². The average molecular weight is 332 g/mol. The molecule has 0 saturated carbocycles. The molecule has 0 aliphatic heterocycles. The number of amides is 1. The number of nitrogens with two attached hydrogens (primary N) is 1. The summed E-state index contributed by atoms with van der Waals surface area (Å²) in [4.78, 5) is 18.6. The molecule has 1 aromatic heterocycles. The molecule has 0 fully saturated rings. The van der Waals surface area contributed by atoms with Crippen molar-refractivity contribution in [2.75, 3.05) is 13.1 Å². The van der Waals surface area contributed by atoms with Crippen LogP contribution in [0.4, 0.5) is 0 Å². The fourth-order valence-corrected chi connectivity index (χ4v) is 2.90. The van der Waals surface area contributed by atoms with Gasteiger partial charge in [0, 0.05) is 25.0 Å². The van der Waals surface area contributed by atoms with Crippen molar-refractivity contribution in [1.29, 1.82) is 0 Å². The molecule has 2 aromatic rings. The molecule has 124 valence electrons. The molecule has 1 aromatic carbocycles. The zero-order valence-corrected chi connectivity index (χ0v) is 14.5. The van der Waals surface area contributed by atoms with Gasteiger partial charge in [0.25, 0.3) is 5.91 Å².